The van der Waals surface area contributed by atoms with Crippen LogP contribution in [0.2, 0.25) is 0 Å². The summed E-state index contributed by atoms with van der Waals surface area (Å²) in [4.78, 5) is 2.23. The standard InChI is InChI=1S/C17H25FN2/c18-16-12-14(13-19-15-7-8-15)6-9-17(16)20-10-4-2-1-3-5-11-20/h6,9,12,15,19H,1-5,7-8,10-11,13H2. The largest absolute Gasteiger partial charge is 0.369 e. The monoisotopic (exact) mass is 276 g/mol. The van der Waals surface area contributed by atoms with Crippen molar-refractivity contribution in [2.75, 3.05) is 18.0 Å². The van der Waals surface area contributed by atoms with Crippen LogP contribution < -0.4 is 10.2 Å². The van der Waals surface area contributed by atoms with Crippen LogP contribution in [0.5, 0.6) is 0 Å². The van der Waals surface area contributed by atoms with E-state index in [-0.39, 0.29) is 5.82 Å². The van der Waals surface area contributed by atoms with Crippen molar-refractivity contribution >= 4 is 5.69 Å². The Labute approximate surface area is 121 Å². The molecule has 1 saturated carbocycles. The highest BCUT2D eigenvalue weighted by atomic mass is 19.1. The Bertz CT molecular complexity index is 435. The lowest BCUT2D eigenvalue weighted by molar-refractivity contribution is 0.544. The smallest absolute Gasteiger partial charge is 0.146 e. The van der Waals surface area contributed by atoms with E-state index in [1.807, 2.05) is 6.07 Å². The third-order valence-electron chi connectivity index (χ3n) is 4.38. The van der Waals surface area contributed by atoms with Gasteiger partial charge in [-0.25, -0.2) is 4.39 Å². The Morgan fingerprint density at radius 1 is 1.05 bits per heavy atom. The number of anilines is 1. The Morgan fingerprint density at radius 2 is 1.75 bits per heavy atom. The van der Waals surface area contributed by atoms with E-state index < -0.39 is 0 Å². The lowest BCUT2D eigenvalue weighted by Crippen LogP contribution is -2.28. The molecular formula is C17H25FN2. The van der Waals surface area contributed by atoms with Gasteiger partial charge in [0.1, 0.15) is 5.82 Å². The lowest BCUT2D eigenvalue weighted by atomic mass is 10.1. The molecular weight excluding hydrogens is 251 g/mol. The van der Waals surface area contributed by atoms with E-state index in [9.17, 15) is 4.39 Å². The SMILES string of the molecule is Fc1cc(CNC2CC2)ccc1N1CCCCCCC1. The van der Waals surface area contributed by atoms with Crippen LogP contribution in [0.1, 0.15) is 50.5 Å². The fourth-order valence-corrected chi connectivity index (χ4v) is 2.95. The summed E-state index contributed by atoms with van der Waals surface area (Å²) in [6.45, 7) is 2.79. The third kappa shape index (κ3) is 3.72. The van der Waals surface area contributed by atoms with Gasteiger partial charge >= 0.3 is 0 Å². The van der Waals surface area contributed by atoms with Gasteiger partial charge in [-0.15, -0.1) is 0 Å². The molecule has 20 heavy (non-hydrogen) atoms. The third-order valence-corrected chi connectivity index (χ3v) is 4.38. The van der Waals surface area contributed by atoms with Gasteiger partial charge in [-0.05, 0) is 43.4 Å². The molecule has 2 nitrogen and oxygen atoms in total. The van der Waals surface area contributed by atoms with Gasteiger partial charge in [0.05, 0.1) is 5.69 Å². The van der Waals surface area contributed by atoms with Crippen LogP contribution in [0.15, 0.2) is 18.2 Å². The van der Waals surface area contributed by atoms with E-state index in [1.165, 1.54) is 44.9 Å². The number of hydrogen-bond donors (Lipinski definition) is 1. The van der Waals surface area contributed by atoms with Gasteiger partial charge in [-0.1, -0.05) is 25.3 Å². The summed E-state index contributed by atoms with van der Waals surface area (Å²) >= 11 is 0. The quantitative estimate of drug-likeness (QED) is 0.898. The van der Waals surface area contributed by atoms with Gasteiger partial charge in [-0.3, -0.25) is 0 Å². The number of hydrogen-bond acceptors (Lipinski definition) is 2. The summed E-state index contributed by atoms with van der Waals surface area (Å²) in [7, 11) is 0. The molecule has 0 bridgehead atoms. The van der Waals surface area contributed by atoms with Gasteiger partial charge in [0.25, 0.3) is 0 Å². The van der Waals surface area contributed by atoms with E-state index in [0.717, 1.165) is 30.9 Å². The van der Waals surface area contributed by atoms with E-state index in [1.54, 1.807) is 6.07 Å². The van der Waals surface area contributed by atoms with Crippen molar-refractivity contribution in [2.24, 2.45) is 0 Å². The molecule has 1 aliphatic carbocycles. The minimum atomic E-state index is -0.0549. The second-order valence-corrected chi connectivity index (χ2v) is 6.20. The zero-order valence-electron chi connectivity index (χ0n) is 12.2. The van der Waals surface area contributed by atoms with Crippen molar-refractivity contribution in [3.63, 3.8) is 0 Å². The van der Waals surface area contributed by atoms with E-state index >= 15 is 0 Å². The fourth-order valence-electron chi connectivity index (χ4n) is 2.95. The Kier molecular flexibility index (Phi) is 4.56. The van der Waals surface area contributed by atoms with E-state index in [2.05, 4.69) is 16.3 Å². The first-order chi connectivity index (χ1) is 9.83. The molecule has 0 atom stereocenters. The highest BCUT2D eigenvalue weighted by Gasteiger charge is 2.20. The van der Waals surface area contributed by atoms with Crippen LogP contribution in [0.4, 0.5) is 10.1 Å². The first-order valence-electron chi connectivity index (χ1n) is 8.10. The van der Waals surface area contributed by atoms with Gasteiger partial charge in [0, 0.05) is 25.7 Å². The number of nitrogens with one attached hydrogen (secondary N) is 1. The fraction of sp³-hybridized carbons (Fsp3) is 0.647. The topological polar surface area (TPSA) is 15.3 Å². The van der Waals surface area contributed by atoms with Crippen molar-refractivity contribution in [2.45, 2.75) is 57.5 Å². The Balaban J connectivity index is 1.64. The number of halogens is 1. The molecule has 3 heteroatoms. The van der Waals surface area contributed by atoms with E-state index in [4.69, 9.17) is 0 Å². The number of nitrogens with zero attached hydrogens (tertiary/aromatic N) is 1. The predicted molar refractivity (Wildman–Crippen MR) is 81.6 cm³/mol. The van der Waals surface area contributed by atoms with Gasteiger partial charge in [0.2, 0.25) is 0 Å². The minimum Gasteiger partial charge on any atom is -0.369 e. The highest BCUT2D eigenvalue weighted by molar-refractivity contribution is 5.49. The molecule has 2 aliphatic rings. The summed E-state index contributed by atoms with van der Waals surface area (Å²) in [5, 5.41) is 3.44. The number of rotatable bonds is 4. The number of benzene rings is 1. The molecule has 110 valence electrons. The summed E-state index contributed by atoms with van der Waals surface area (Å²) in [5.74, 6) is -0.0549. The van der Waals surface area contributed by atoms with Crippen LogP contribution in [0, 0.1) is 5.82 Å². The molecule has 0 amide bonds. The van der Waals surface area contributed by atoms with Crippen molar-refractivity contribution in [1.82, 2.24) is 5.32 Å². The van der Waals surface area contributed by atoms with Gasteiger partial charge < -0.3 is 10.2 Å². The summed E-state index contributed by atoms with van der Waals surface area (Å²) < 4.78 is 14.3. The molecule has 1 heterocycles. The van der Waals surface area contributed by atoms with Crippen molar-refractivity contribution in [3.8, 4) is 0 Å². The summed E-state index contributed by atoms with van der Waals surface area (Å²) in [5.41, 5.74) is 1.85. The average Bonchev–Trinajstić information content (AvgIpc) is 3.21. The Hall–Kier alpha value is -1.09. The first-order valence-corrected chi connectivity index (χ1v) is 8.10. The normalized spacial score (nSPS) is 20.6. The molecule has 1 N–H and O–H groups in total. The van der Waals surface area contributed by atoms with Crippen LogP contribution in [0.25, 0.3) is 0 Å². The molecule has 0 unspecified atom stereocenters. The maximum atomic E-state index is 14.3. The van der Waals surface area contributed by atoms with E-state index in [0.29, 0.717) is 6.04 Å². The van der Waals surface area contributed by atoms with Crippen LogP contribution in [0.3, 0.4) is 0 Å². The molecule has 1 saturated heterocycles. The summed E-state index contributed by atoms with van der Waals surface area (Å²) in [6, 6.07) is 6.43. The maximum Gasteiger partial charge on any atom is 0.146 e. The molecule has 1 aromatic rings. The van der Waals surface area contributed by atoms with Gasteiger partial charge in [-0.2, -0.15) is 0 Å². The second-order valence-electron chi connectivity index (χ2n) is 6.20. The minimum absolute atomic E-state index is 0.0549. The van der Waals surface area contributed by atoms with Crippen molar-refractivity contribution in [1.29, 1.82) is 0 Å². The second kappa shape index (κ2) is 6.57. The average molecular weight is 276 g/mol. The zero-order chi connectivity index (χ0) is 13.8. The van der Waals surface area contributed by atoms with Crippen LogP contribution in [-0.2, 0) is 6.54 Å². The predicted octanol–water partition coefficient (Wildman–Crippen LogP) is 3.85. The molecule has 1 aliphatic heterocycles. The van der Waals surface area contributed by atoms with Crippen molar-refractivity contribution < 1.29 is 4.39 Å². The summed E-state index contributed by atoms with van der Waals surface area (Å²) in [6.07, 6.45) is 8.81. The Morgan fingerprint density at radius 3 is 2.40 bits per heavy atom. The first kappa shape index (κ1) is 13.9. The van der Waals surface area contributed by atoms with Crippen molar-refractivity contribution in [3.05, 3.63) is 29.6 Å². The highest BCUT2D eigenvalue weighted by Crippen LogP contribution is 2.24. The molecule has 1 aromatic carbocycles. The zero-order valence-corrected chi connectivity index (χ0v) is 12.2. The van der Waals surface area contributed by atoms with Gasteiger partial charge in [0.15, 0.2) is 0 Å². The maximum absolute atomic E-state index is 14.3. The molecule has 0 aromatic heterocycles. The van der Waals surface area contributed by atoms with Crippen LogP contribution >= 0.6 is 0 Å². The molecule has 2 fully saturated rings. The lowest BCUT2D eigenvalue weighted by Gasteiger charge is -2.27. The molecule has 0 radical (unpaired) electrons. The van der Waals surface area contributed by atoms with Crippen LogP contribution in [-0.4, -0.2) is 19.1 Å². The molecule has 3 rings (SSSR count). The molecule has 0 spiro atoms.